The minimum atomic E-state index is -0.108. The van der Waals surface area contributed by atoms with Crippen LogP contribution in [0.25, 0.3) is 11.1 Å². The molecule has 0 aromatic heterocycles. The van der Waals surface area contributed by atoms with Crippen molar-refractivity contribution in [1.82, 2.24) is 5.32 Å². The van der Waals surface area contributed by atoms with Crippen molar-refractivity contribution in [2.45, 2.75) is 19.9 Å². The highest BCUT2D eigenvalue weighted by Gasteiger charge is 2.08. The average Bonchev–Trinajstić information content (AvgIpc) is 2.46. The van der Waals surface area contributed by atoms with Crippen LogP contribution in [0.4, 0.5) is 0 Å². The first kappa shape index (κ1) is 14.1. The zero-order chi connectivity index (χ0) is 14.4. The fourth-order valence-electron chi connectivity index (χ4n) is 1.96. The lowest BCUT2D eigenvalue weighted by Crippen LogP contribution is -2.34. The van der Waals surface area contributed by atoms with Crippen LogP contribution in [0, 0.1) is 0 Å². The number of hydrogen-bond acceptors (Lipinski definition) is 2. The summed E-state index contributed by atoms with van der Waals surface area (Å²) in [5, 5.41) is 2.81. The maximum absolute atomic E-state index is 11.6. The normalized spacial score (nSPS) is 10.3. The van der Waals surface area contributed by atoms with E-state index in [1.807, 2.05) is 68.4 Å². The van der Waals surface area contributed by atoms with E-state index in [4.69, 9.17) is 4.74 Å². The van der Waals surface area contributed by atoms with Gasteiger partial charge in [0.2, 0.25) is 0 Å². The first-order chi connectivity index (χ1) is 9.66. The van der Waals surface area contributed by atoms with Crippen LogP contribution in [0.5, 0.6) is 5.75 Å². The predicted octanol–water partition coefficient (Wildman–Crippen LogP) is 3.26. The summed E-state index contributed by atoms with van der Waals surface area (Å²) < 4.78 is 5.64. The van der Waals surface area contributed by atoms with Crippen molar-refractivity contribution in [2.24, 2.45) is 0 Å². The number of benzene rings is 2. The SMILES string of the molecule is CC(C)NC(=O)COc1ccccc1-c1ccccc1. The first-order valence-electron chi connectivity index (χ1n) is 6.73. The van der Waals surface area contributed by atoms with Gasteiger partial charge in [0, 0.05) is 11.6 Å². The third-order valence-electron chi connectivity index (χ3n) is 2.78. The lowest BCUT2D eigenvalue weighted by atomic mass is 10.1. The molecular formula is C17H19NO2. The van der Waals surface area contributed by atoms with Gasteiger partial charge in [-0.05, 0) is 25.5 Å². The van der Waals surface area contributed by atoms with E-state index in [1.165, 1.54) is 0 Å². The van der Waals surface area contributed by atoms with Crippen molar-refractivity contribution >= 4 is 5.91 Å². The molecule has 0 saturated heterocycles. The van der Waals surface area contributed by atoms with E-state index in [0.29, 0.717) is 0 Å². The van der Waals surface area contributed by atoms with Crippen molar-refractivity contribution < 1.29 is 9.53 Å². The molecule has 0 aliphatic rings. The average molecular weight is 269 g/mol. The summed E-state index contributed by atoms with van der Waals surface area (Å²) in [4.78, 5) is 11.6. The topological polar surface area (TPSA) is 38.3 Å². The van der Waals surface area contributed by atoms with E-state index in [9.17, 15) is 4.79 Å². The quantitative estimate of drug-likeness (QED) is 0.904. The molecule has 0 heterocycles. The highest BCUT2D eigenvalue weighted by atomic mass is 16.5. The van der Waals surface area contributed by atoms with Gasteiger partial charge in [0.05, 0.1) is 0 Å². The van der Waals surface area contributed by atoms with Crippen molar-refractivity contribution in [3.8, 4) is 16.9 Å². The summed E-state index contributed by atoms with van der Waals surface area (Å²) in [6, 6.07) is 17.8. The van der Waals surface area contributed by atoms with Gasteiger partial charge < -0.3 is 10.1 Å². The molecule has 2 rings (SSSR count). The van der Waals surface area contributed by atoms with Crippen LogP contribution in [-0.4, -0.2) is 18.6 Å². The van der Waals surface area contributed by atoms with Gasteiger partial charge >= 0.3 is 0 Å². The fraction of sp³-hybridized carbons (Fsp3) is 0.235. The Labute approximate surface area is 119 Å². The highest BCUT2D eigenvalue weighted by molar-refractivity contribution is 5.78. The fourth-order valence-corrected chi connectivity index (χ4v) is 1.96. The highest BCUT2D eigenvalue weighted by Crippen LogP contribution is 2.29. The van der Waals surface area contributed by atoms with Crippen LogP contribution in [0.15, 0.2) is 54.6 Å². The number of para-hydroxylation sites is 1. The Hall–Kier alpha value is -2.29. The zero-order valence-corrected chi connectivity index (χ0v) is 11.8. The van der Waals surface area contributed by atoms with Gasteiger partial charge in [-0.15, -0.1) is 0 Å². The molecule has 0 radical (unpaired) electrons. The molecule has 1 N–H and O–H groups in total. The lowest BCUT2D eigenvalue weighted by Gasteiger charge is -2.13. The smallest absolute Gasteiger partial charge is 0.258 e. The van der Waals surface area contributed by atoms with Crippen LogP contribution in [-0.2, 0) is 4.79 Å². The molecule has 2 aromatic rings. The molecule has 0 spiro atoms. The number of amides is 1. The molecule has 0 aliphatic heterocycles. The molecule has 0 fully saturated rings. The third-order valence-corrected chi connectivity index (χ3v) is 2.78. The summed E-state index contributed by atoms with van der Waals surface area (Å²) in [7, 11) is 0. The van der Waals surface area contributed by atoms with Crippen LogP contribution < -0.4 is 10.1 Å². The van der Waals surface area contributed by atoms with Gasteiger partial charge in [-0.2, -0.15) is 0 Å². The number of rotatable bonds is 5. The van der Waals surface area contributed by atoms with Gasteiger partial charge in [-0.25, -0.2) is 0 Å². The molecule has 1 amide bonds. The molecule has 0 bridgehead atoms. The van der Waals surface area contributed by atoms with Crippen molar-refractivity contribution in [3.05, 3.63) is 54.6 Å². The van der Waals surface area contributed by atoms with Crippen molar-refractivity contribution in [1.29, 1.82) is 0 Å². The Morgan fingerprint density at radius 3 is 2.40 bits per heavy atom. The largest absolute Gasteiger partial charge is 0.483 e. The molecule has 2 aromatic carbocycles. The molecule has 0 atom stereocenters. The third kappa shape index (κ3) is 3.85. The summed E-state index contributed by atoms with van der Waals surface area (Å²) >= 11 is 0. The molecule has 104 valence electrons. The van der Waals surface area contributed by atoms with Crippen LogP contribution in [0.3, 0.4) is 0 Å². The molecule has 0 unspecified atom stereocenters. The molecular weight excluding hydrogens is 250 g/mol. The number of carbonyl (C=O) groups excluding carboxylic acids is 1. The Bertz CT molecular complexity index is 564. The van der Waals surface area contributed by atoms with Gasteiger partial charge in [-0.3, -0.25) is 4.79 Å². The van der Waals surface area contributed by atoms with Crippen LogP contribution >= 0.6 is 0 Å². The van der Waals surface area contributed by atoms with E-state index >= 15 is 0 Å². The van der Waals surface area contributed by atoms with Gasteiger partial charge in [0.1, 0.15) is 5.75 Å². The maximum Gasteiger partial charge on any atom is 0.258 e. The zero-order valence-electron chi connectivity index (χ0n) is 11.8. The molecule has 3 heteroatoms. The second kappa shape index (κ2) is 6.75. The van der Waals surface area contributed by atoms with Gasteiger partial charge in [-0.1, -0.05) is 48.5 Å². The van der Waals surface area contributed by atoms with Crippen molar-refractivity contribution in [2.75, 3.05) is 6.61 Å². The van der Waals surface area contributed by atoms with Crippen molar-refractivity contribution in [3.63, 3.8) is 0 Å². The number of ether oxygens (including phenoxy) is 1. The van der Waals surface area contributed by atoms with Crippen LogP contribution in [0.2, 0.25) is 0 Å². The maximum atomic E-state index is 11.6. The molecule has 0 aliphatic carbocycles. The number of nitrogens with one attached hydrogen (secondary N) is 1. The number of carbonyl (C=O) groups is 1. The molecule has 3 nitrogen and oxygen atoms in total. The van der Waals surface area contributed by atoms with E-state index in [0.717, 1.165) is 16.9 Å². The second-order valence-electron chi connectivity index (χ2n) is 4.87. The van der Waals surface area contributed by atoms with Gasteiger partial charge in [0.25, 0.3) is 5.91 Å². The summed E-state index contributed by atoms with van der Waals surface area (Å²) in [5.74, 6) is 0.612. The Kier molecular flexibility index (Phi) is 4.77. The van der Waals surface area contributed by atoms with Crippen LogP contribution in [0.1, 0.15) is 13.8 Å². The molecule has 20 heavy (non-hydrogen) atoms. The van der Waals surface area contributed by atoms with E-state index in [1.54, 1.807) is 0 Å². The minimum absolute atomic E-state index is 0.0298. The lowest BCUT2D eigenvalue weighted by molar-refractivity contribution is -0.123. The summed E-state index contributed by atoms with van der Waals surface area (Å²) in [6.45, 7) is 3.88. The first-order valence-corrected chi connectivity index (χ1v) is 6.73. The predicted molar refractivity (Wildman–Crippen MR) is 80.7 cm³/mol. The van der Waals surface area contributed by atoms with E-state index < -0.39 is 0 Å². The Morgan fingerprint density at radius 1 is 1.05 bits per heavy atom. The summed E-state index contributed by atoms with van der Waals surface area (Å²) in [5.41, 5.74) is 2.07. The molecule has 0 saturated carbocycles. The standard InChI is InChI=1S/C17H19NO2/c1-13(2)18-17(19)12-20-16-11-7-6-10-15(16)14-8-4-3-5-9-14/h3-11,13H,12H2,1-2H3,(H,18,19). The second-order valence-corrected chi connectivity index (χ2v) is 4.87. The summed E-state index contributed by atoms with van der Waals surface area (Å²) in [6.07, 6.45) is 0. The van der Waals surface area contributed by atoms with E-state index in [-0.39, 0.29) is 18.6 Å². The Morgan fingerprint density at radius 2 is 1.70 bits per heavy atom. The minimum Gasteiger partial charge on any atom is -0.483 e. The Balaban J connectivity index is 2.11. The van der Waals surface area contributed by atoms with E-state index in [2.05, 4.69) is 5.32 Å². The number of hydrogen-bond donors (Lipinski definition) is 1. The monoisotopic (exact) mass is 269 g/mol. The van der Waals surface area contributed by atoms with Gasteiger partial charge in [0.15, 0.2) is 6.61 Å².